The molecule has 0 aliphatic heterocycles. The van der Waals surface area contributed by atoms with Gasteiger partial charge in [0.25, 0.3) is 5.91 Å². The number of hydrogen-bond acceptors (Lipinski definition) is 2. The molecule has 0 aromatic heterocycles. The summed E-state index contributed by atoms with van der Waals surface area (Å²) in [6.45, 7) is 2.33. The lowest BCUT2D eigenvalue weighted by Gasteiger charge is -2.16. The smallest absolute Gasteiger partial charge is 0.255 e. The molecule has 0 saturated heterocycles. The Morgan fingerprint density at radius 1 is 0.962 bits per heavy atom. The number of benzene rings is 3. The Morgan fingerprint density at radius 2 is 1.62 bits per heavy atom. The van der Waals surface area contributed by atoms with Crippen molar-refractivity contribution in [3.63, 3.8) is 0 Å². The summed E-state index contributed by atoms with van der Waals surface area (Å²) in [6.07, 6.45) is 0. The largest absolute Gasteiger partial charge is 0.488 e. The van der Waals surface area contributed by atoms with Crippen LogP contribution in [0.5, 0.6) is 5.75 Å². The number of nitrogens with one attached hydrogen (secondary N) is 1. The van der Waals surface area contributed by atoms with Gasteiger partial charge in [0.15, 0.2) is 0 Å². The fraction of sp³-hybridized carbons (Fsp3) is 0.136. The topological polar surface area (TPSA) is 38.3 Å². The zero-order valence-corrected chi connectivity index (χ0v) is 15.2. The van der Waals surface area contributed by atoms with Crippen LogP contribution in [-0.2, 0) is 6.61 Å². The highest BCUT2D eigenvalue weighted by molar-refractivity contribution is 6.30. The number of carbonyl (C=O) groups is 1. The van der Waals surface area contributed by atoms with Crippen LogP contribution in [-0.4, -0.2) is 5.91 Å². The third-order valence-electron chi connectivity index (χ3n) is 4.09. The van der Waals surface area contributed by atoms with E-state index in [9.17, 15) is 4.79 Å². The Hall–Kier alpha value is -2.78. The standard InChI is InChI=1S/C22H20ClNO2/c1-16(18-7-3-2-4-8-18)24-22(25)20-9-5-6-10-21(20)26-15-17-11-13-19(23)14-12-17/h2-14,16H,15H2,1H3,(H,24,25). The predicted molar refractivity (Wildman–Crippen MR) is 105 cm³/mol. The Morgan fingerprint density at radius 3 is 2.35 bits per heavy atom. The first kappa shape index (κ1) is 18.0. The number of hydrogen-bond donors (Lipinski definition) is 1. The molecule has 132 valence electrons. The molecular weight excluding hydrogens is 346 g/mol. The van der Waals surface area contributed by atoms with Crippen LogP contribution < -0.4 is 10.1 Å². The molecule has 3 aromatic rings. The molecule has 0 bridgehead atoms. The maximum absolute atomic E-state index is 12.7. The third kappa shape index (κ3) is 4.64. The lowest BCUT2D eigenvalue weighted by atomic mass is 10.1. The minimum absolute atomic E-state index is 0.0898. The second kappa shape index (κ2) is 8.54. The normalized spacial score (nSPS) is 11.6. The van der Waals surface area contributed by atoms with Gasteiger partial charge in [0.05, 0.1) is 11.6 Å². The maximum Gasteiger partial charge on any atom is 0.255 e. The third-order valence-corrected chi connectivity index (χ3v) is 4.34. The van der Waals surface area contributed by atoms with Crippen molar-refractivity contribution in [1.82, 2.24) is 5.32 Å². The fourth-order valence-corrected chi connectivity index (χ4v) is 2.75. The van der Waals surface area contributed by atoms with Crippen molar-refractivity contribution in [1.29, 1.82) is 0 Å². The van der Waals surface area contributed by atoms with E-state index in [1.807, 2.05) is 73.7 Å². The van der Waals surface area contributed by atoms with E-state index in [1.165, 1.54) is 0 Å². The van der Waals surface area contributed by atoms with Gasteiger partial charge in [0.1, 0.15) is 12.4 Å². The van der Waals surface area contributed by atoms with Crippen molar-refractivity contribution < 1.29 is 9.53 Å². The number of amides is 1. The van der Waals surface area contributed by atoms with Crippen molar-refractivity contribution in [3.05, 3.63) is 101 Å². The molecular formula is C22H20ClNO2. The quantitative estimate of drug-likeness (QED) is 0.634. The average Bonchev–Trinajstić information content (AvgIpc) is 2.68. The van der Waals surface area contributed by atoms with Crippen LogP contribution in [0, 0.1) is 0 Å². The van der Waals surface area contributed by atoms with Gasteiger partial charge in [-0.25, -0.2) is 0 Å². The van der Waals surface area contributed by atoms with Gasteiger partial charge in [-0.15, -0.1) is 0 Å². The van der Waals surface area contributed by atoms with Gasteiger partial charge in [-0.2, -0.15) is 0 Å². The summed E-state index contributed by atoms with van der Waals surface area (Å²) in [7, 11) is 0. The Labute approximate surface area is 158 Å². The summed E-state index contributed by atoms with van der Waals surface area (Å²) < 4.78 is 5.87. The zero-order valence-electron chi connectivity index (χ0n) is 14.5. The van der Waals surface area contributed by atoms with Crippen molar-refractivity contribution in [2.75, 3.05) is 0 Å². The minimum Gasteiger partial charge on any atom is -0.488 e. The van der Waals surface area contributed by atoms with Crippen molar-refractivity contribution >= 4 is 17.5 Å². The van der Waals surface area contributed by atoms with Gasteiger partial charge >= 0.3 is 0 Å². The van der Waals surface area contributed by atoms with E-state index >= 15 is 0 Å². The van der Waals surface area contributed by atoms with E-state index in [0.29, 0.717) is 22.9 Å². The second-order valence-corrected chi connectivity index (χ2v) is 6.45. The van der Waals surface area contributed by atoms with Gasteiger partial charge in [-0.05, 0) is 42.3 Å². The van der Waals surface area contributed by atoms with Gasteiger partial charge in [0.2, 0.25) is 0 Å². The molecule has 3 rings (SSSR count). The molecule has 1 atom stereocenters. The molecule has 0 fully saturated rings. The molecule has 0 heterocycles. The summed E-state index contributed by atoms with van der Waals surface area (Å²) >= 11 is 5.90. The van der Waals surface area contributed by atoms with Gasteiger partial charge in [-0.3, -0.25) is 4.79 Å². The van der Waals surface area contributed by atoms with Gasteiger partial charge in [0, 0.05) is 5.02 Å². The number of halogens is 1. The van der Waals surface area contributed by atoms with Crippen LogP contribution in [0.25, 0.3) is 0 Å². The van der Waals surface area contributed by atoms with Gasteiger partial charge in [-0.1, -0.05) is 66.2 Å². The van der Waals surface area contributed by atoms with E-state index in [4.69, 9.17) is 16.3 Å². The van der Waals surface area contributed by atoms with E-state index in [-0.39, 0.29) is 11.9 Å². The second-order valence-electron chi connectivity index (χ2n) is 6.02. The fourth-order valence-electron chi connectivity index (χ4n) is 2.62. The highest BCUT2D eigenvalue weighted by Gasteiger charge is 2.15. The van der Waals surface area contributed by atoms with E-state index in [2.05, 4.69) is 5.32 Å². The highest BCUT2D eigenvalue weighted by Crippen LogP contribution is 2.21. The first-order valence-electron chi connectivity index (χ1n) is 8.45. The van der Waals surface area contributed by atoms with Crippen molar-refractivity contribution in [2.45, 2.75) is 19.6 Å². The number of rotatable bonds is 6. The van der Waals surface area contributed by atoms with E-state index in [1.54, 1.807) is 12.1 Å². The molecule has 3 aromatic carbocycles. The number of carbonyl (C=O) groups excluding carboxylic acids is 1. The Balaban J connectivity index is 1.69. The maximum atomic E-state index is 12.7. The van der Waals surface area contributed by atoms with Crippen molar-refractivity contribution in [3.8, 4) is 5.75 Å². The molecule has 0 spiro atoms. The number of ether oxygens (including phenoxy) is 1. The summed E-state index contributed by atoms with van der Waals surface area (Å²) in [5, 5.41) is 3.71. The SMILES string of the molecule is CC(NC(=O)c1ccccc1OCc1ccc(Cl)cc1)c1ccccc1. The molecule has 1 amide bonds. The van der Waals surface area contributed by atoms with Crippen LogP contribution in [0.15, 0.2) is 78.9 Å². The van der Waals surface area contributed by atoms with Gasteiger partial charge < -0.3 is 10.1 Å². The van der Waals surface area contributed by atoms with Crippen LogP contribution in [0.4, 0.5) is 0 Å². The first-order chi connectivity index (χ1) is 12.6. The summed E-state index contributed by atoms with van der Waals surface area (Å²) in [5.74, 6) is 0.397. The van der Waals surface area contributed by atoms with Crippen LogP contribution in [0.1, 0.15) is 34.5 Å². The molecule has 3 nitrogen and oxygen atoms in total. The van der Waals surface area contributed by atoms with E-state index in [0.717, 1.165) is 11.1 Å². The zero-order chi connectivity index (χ0) is 18.4. The molecule has 0 aliphatic rings. The molecule has 4 heteroatoms. The number of para-hydroxylation sites is 1. The summed E-state index contributed by atoms with van der Waals surface area (Å²) in [5.41, 5.74) is 2.56. The lowest BCUT2D eigenvalue weighted by Crippen LogP contribution is -2.27. The Bertz CT molecular complexity index is 863. The molecule has 0 saturated carbocycles. The van der Waals surface area contributed by atoms with E-state index < -0.39 is 0 Å². The monoisotopic (exact) mass is 365 g/mol. The van der Waals surface area contributed by atoms with Crippen LogP contribution in [0.2, 0.25) is 5.02 Å². The average molecular weight is 366 g/mol. The minimum atomic E-state index is -0.159. The summed E-state index contributed by atoms with van der Waals surface area (Å²) in [6, 6.07) is 24.5. The van der Waals surface area contributed by atoms with Crippen molar-refractivity contribution in [2.24, 2.45) is 0 Å². The lowest BCUT2D eigenvalue weighted by molar-refractivity contribution is 0.0935. The molecule has 26 heavy (non-hydrogen) atoms. The molecule has 0 aliphatic carbocycles. The summed E-state index contributed by atoms with van der Waals surface area (Å²) in [4.78, 5) is 12.7. The molecule has 1 unspecified atom stereocenters. The van der Waals surface area contributed by atoms with Crippen LogP contribution in [0.3, 0.4) is 0 Å². The molecule has 1 N–H and O–H groups in total. The highest BCUT2D eigenvalue weighted by atomic mass is 35.5. The Kier molecular flexibility index (Phi) is 5.92. The first-order valence-corrected chi connectivity index (χ1v) is 8.83. The van der Waals surface area contributed by atoms with Crippen LogP contribution >= 0.6 is 11.6 Å². The predicted octanol–water partition coefficient (Wildman–Crippen LogP) is 5.41. The molecule has 0 radical (unpaired) electrons.